The van der Waals surface area contributed by atoms with Gasteiger partial charge in [-0.2, -0.15) is 0 Å². The fourth-order valence-electron chi connectivity index (χ4n) is 2.03. The van der Waals surface area contributed by atoms with Crippen molar-refractivity contribution in [2.24, 2.45) is 0 Å². The fraction of sp³-hybridized carbons (Fsp3) is 0.364. The summed E-state index contributed by atoms with van der Waals surface area (Å²) in [5.41, 5.74) is 7.02. The summed E-state index contributed by atoms with van der Waals surface area (Å²) in [6.45, 7) is 5.62. The van der Waals surface area contributed by atoms with Gasteiger partial charge in [0.15, 0.2) is 0 Å². The Bertz CT molecular complexity index is 460. The summed E-state index contributed by atoms with van der Waals surface area (Å²) >= 11 is 0. The van der Waals surface area contributed by atoms with Gasteiger partial charge in [0.05, 0.1) is 17.0 Å². The lowest BCUT2D eigenvalue weighted by Gasteiger charge is -2.27. The maximum atomic E-state index is 11.1. The minimum absolute atomic E-state index is 0.361. The Balaban J connectivity index is 2.55. The van der Waals surface area contributed by atoms with Crippen LogP contribution in [0, 0.1) is 0 Å². The van der Waals surface area contributed by atoms with E-state index in [1.54, 1.807) is 11.9 Å². The van der Waals surface area contributed by atoms with Crippen LogP contribution in [0.2, 0.25) is 0 Å². The molecular formula is C11H15N3O2. The molecule has 0 aromatic carbocycles. The smallest absolute Gasteiger partial charge is 0.337 e. The van der Waals surface area contributed by atoms with E-state index in [0.717, 1.165) is 17.0 Å². The van der Waals surface area contributed by atoms with Gasteiger partial charge in [-0.15, -0.1) is 5.53 Å². The van der Waals surface area contributed by atoms with Crippen LogP contribution in [0.15, 0.2) is 34.3 Å². The zero-order valence-electron chi connectivity index (χ0n) is 9.83. The molecule has 2 aliphatic heterocycles. The Morgan fingerprint density at radius 1 is 1.31 bits per heavy atom. The molecule has 0 unspecified atom stereocenters. The van der Waals surface area contributed by atoms with E-state index in [9.17, 15) is 4.79 Å². The van der Waals surface area contributed by atoms with Crippen LogP contribution in [0.25, 0.3) is 0 Å². The highest BCUT2D eigenvalue weighted by Gasteiger charge is 2.31. The van der Waals surface area contributed by atoms with Crippen LogP contribution < -0.4 is 5.53 Å². The molecule has 0 atom stereocenters. The summed E-state index contributed by atoms with van der Waals surface area (Å²) < 4.78 is 0. The first kappa shape index (κ1) is 10.8. The van der Waals surface area contributed by atoms with Crippen molar-refractivity contribution >= 4 is 5.97 Å². The fourth-order valence-corrected chi connectivity index (χ4v) is 2.03. The van der Waals surface area contributed by atoms with Crippen LogP contribution in [0.3, 0.4) is 0 Å². The molecule has 0 radical (unpaired) electrons. The van der Waals surface area contributed by atoms with Gasteiger partial charge in [-0.1, -0.05) is 0 Å². The molecule has 2 heterocycles. The summed E-state index contributed by atoms with van der Waals surface area (Å²) in [6, 6.07) is 0. The number of fused-ring (bicyclic) bond motifs is 1. The van der Waals surface area contributed by atoms with E-state index in [4.69, 9.17) is 5.11 Å². The Morgan fingerprint density at radius 3 is 2.50 bits per heavy atom. The molecule has 0 amide bonds. The Morgan fingerprint density at radius 2 is 1.94 bits per heavy atom. The average molecular weight is 221 g/mol. The summed E-state index contributed by atoms with van der Waals surface area (Å²) in [6.07, 6.45) is 1.89. The Hall–Kier alpha value is -1.75. The molecule has 2 rings (SSSR count). The van der Waals surface area contributed by atoms with Crippen LogP contribution in [0.4, 0.5) is 0 Å². The van der Waals surface area contributed by atoms with Crippen molar-refractivity contribution in [3.63, 3.8) is 0 Å². The molecule has 5 nitrogen and oxygen atoms in total. The third kappa shape index (κ3) is 1.32. The molecular weight excluding hydrogens is 206 g/mol. The quantitative estimate of drug-likeness (QED) is 0.697. The third-order valence-corrected chi connectivity index (χ3v) is 3.02. The number of carbonyl (C=O) groups is 1. The lowest BCUT2D eigenvalue weighted by molar-refractivity contribution is -0.132. The number of allylic oxidation sites excluding steroid dienone is 3. The molecule has 2 N–H and O–H groups in total. The van der Waals surface area contributed by atoms with Crippen LogP contribution >= 0.6 is 0 Å². The van der Waals surface area contributed by atoms with Crippen molar-refractivity contribution in [3.8, 4) is 0 Å². The maximum Gasteiger partial charge on any atom is 0.337 e. The van der Waals surface area contributed by atoms with Gasteiger partial charge in [0.1, 0.15) is 0 Å². The summed E-state index contributed by atoms with van der Waals surface area (Å²) in [5, 5.41) is 12.8. The van der Waals surface area contributed by atoms with Gasteiger partial charge in [-0.3, -0.25) is 10.0 Å². The number of nitrogens with one attached hydrogen (secondary N) is 1. The molecule has 0 bridgehead atoms. The van der Waals surface area contributed by atoms with Crippen molar-refractivity contribution in [2.75, 3.05) is 7.05 Å². The lowest BCUT2D eigenvalue weighted by atomic mass is 10.0. The molecule has 0 saturated heterocycles. The van der Waals surface area contributed by atoms with E-state index < -0.39 is 5.97 Å². The van der Waals surface area contributed by atoms with Crippen molar-refractivity contribution in [1.29, 1.82) is 0 Å². The molecule has 2 aliphatic rings. The summed E-state index contributed by atoms with van der Waals surface area (Å²) in [4.78, 5) is 11.1. The molecule has 0 fully saturated rings. The second-order valence-electron chi connectivity index (χ2n) is 4.06. The zero-order chi connectivity index (χ0) is 12.0. The number of carboxylic acid groups (broad SMARTS) is 1. The molecule has 5 heteroatoms. The largest absolute Gasteiger partial charge is 0.478 e. The van der Waals surface area contributed by atoms with Crippen molar-refractivity contribution in [2.45, 2.75) is 20.8 Å². The Kier molecular flexibility index (Phi) is 2.27. The van der Waals surface area contributed by atoms with Crippen molar-refractivity contribution in [1.82, 2.24) is 15.6 Å². The number of hydrazine groups is 2. The van der Waals surface area contributed by atoms with Gasteiger partial charge in [-0.05, 0) is 32.4 Å². The highest BCUT2D eigenvalue weighted by molar-refractivity contribution is 5.93. The summed E-state index contributed by atoms with van der Waals surface area (Å²) in [7, 11) is 1.90. The van der Waals surface area contributed by atoms with Gasteiger partial charge in [0.2, 0.25) is 0 Å². The standard InChI is InChI=1S/C11H15N3O2/c1-6-5-9-7(2)13(4)12-14(9)8(3)10(6)11(15)16/h5,12H,1-4H3,(H,15,16). The highest BCUT2D eigenvalue weighted by atomic mass is 16.4. The molecule has 0 aromatic rings. The van der Waals surface area contributed by atoms with Crippen LogP contribution in [-0.2, 0) is 4.79 Å². The number of nitrogens with zero attached hydrogens (tertiary/aromatic N) is 2. The predicted molar refractivity (Wildman–Crippen MR) is 59.5 cm³/mol. The molecule has 0 aliphatic carbocycles. The van der Waals surface area contributed by atoms with Gasteiger partial charge >= 0.3 is 5.97 Å². The lowest BCUT2D eigenvalue weighted by Crippen LogP contribution is -2.39. The highest BCUT2D eigenvalue weighted by Crippen LogP contribution is 2.32. The third-order valence-electron chi connectivity index (χ3n) is 3.02. The SMILES string of the molecule is CC1=CC2=C(C)N(C)NN2C(C)=C1C(=O)O. The van der Waals surface area contributed by atoms with E-state index in [1.165, 1.54) is 0 Å². The summed E-state index contributed by atoms with van der Waals surface area (Å²) in [5.74, 6) is -0.890. The van der Waals surface area contributed by atoms with Crippen LogP contribution in [0.5, 0.6) is 0 Å². The molecule has 86 valence electrons. The van der Waals surface area contributed by atoms with E-state index in [-0.39, 0.29) is 0 Å². The first-order chi connectivity index (χ1) is 7.43. The van der Waals surface area contributed by atoms with Gasteiger partial charge < -0.3 is 5.11 Å². The van der Waals surface area contributed by atoms with Gasteiger partial charge in [0, 0.05) is 12.7 Å². The molecule has 0 saturated carbocycles. The number of carboxylic acids is 1. The average Bonchev–Trinajstić information content (AvgIpc) is 2.45. The number of aliphatic carboxylic acids is 1. The number of hydrogen-bond acceptors (Lipinski definition) is 4. The van der Waals surface area contributed by atoms with E-state index >= 15 is 0 Å². The second kappa shape index (κ2) is 3.38. The second-order valence-corrected chi connectivity index (χ2v) is 4.06. The van der Waals surface area contributed by atoms with E-state index in [1.807, 2.05) is 32.0 Å². The predicted octanol–water partition coefficient (Wildman–Crippen LogP) is 1.20. The Labute approximate surface area is 94.3 Å². The number of hydrogen-bond donors (Lipinski definition) is 2. The van der Waals surface area contributed by atoms with Crippen molar-refractivity contribution in [3.05, 3.63) is 34.3 Å². The van der Waals surface area contributed by atoms with Crippen LogP contribution in [-0.4, -0.2) is 28.1 Å². The number of rotatable bonds is 1. The topological polar surface area (TPSA) is 55.8 Å². The minimum atomic E-state index is -0.890. The molecule has 0 aromatic heterocycles. The normalized spacial score (nSPS) is 20.4. The maximum absolute atomic E-state index is 11.1. The van der Waals surface area contributed by atoms with E-state index in [2.05, 4.69) is 5.53 Å². The van der Waals surface area contributed by atoms with Gasteiger partial charge in [-0.25, -0.2) is 4.79 Å². The minimum Gasteiger partial charge on any atom is -0.478 e. The zero-order valence-corrected chi connectivity index (χ0v) is 9.83. The first-order valence-electron chi connectivity index (χ1n) is 5.07. The monoisotopic (exact) mass is 221 g/mol. The van der Waals surface area contributed by atoms with Crippen molar-refractivity contribution < 1.29 is 9.90 Å². The van der Waals surface area contributed by atoms with Crippen LogP contribution in [0.1, 0.15) is 20.8 Å². The molecule has 0 spiro atoms. The first-order valence-corrected chi connectivity index (χ1v) is 5.07. The van der Waals surface area contributed by atoms with Gasteiger partial charge in [0.25, 0.3) is 0 Å². The molecule has 16 heavy (non-hydrogen) atoms. The van der Waals surface area contributed by atoms with E-state index in [0.29, 0.717) is 11.3 Å².